The van der Waals surface area contributed by atoms with Crippen LogP contribution in [0.15, 0.2) is 5.18 Å². The second kappa shape index (κ2) is 4.54. The Kier molecular flexibility index (Phi) is 4.02. The van der Waals surface area contributed by atoms with Gasteiger partial charge in [0.1, 0.15) is 0 Å². The van der Waals surface area contributed by atoms with Crippen LogP contribution < -0.4 is 0 Å². The highest BCUT2D eigenvalue weighted by atomic mass is 16.4. The lowest BCUT2D eigenvalue weighted by Gasteiger charge is -2.01. The molecule has 0 saturated carbocycles. The van der Waals surface area contributed by atoms with E-state index in [1.54, 1.807) is 6.92 Å². The molecule has 11 heavy (non-hydrogen) atoms. The van der Waals surface area contributed by atoms with Gasteiger partial charge >= 0.3 is 5.97 Å². The fraction of sp³-hybridized carbons (Fsp3) is 0.667. The van der Waals surface area contributed by atoms with E-state index in [4.69, 9.17) is 5.11 Å². The molecule has 0 saturated heterocycles. The van der Waals surface area contributed by atoms with Crippen molar-refractivity contribution in [1.82, 2.24) is 0 Å². The molecule has 62 valence electrons. The average molecular weight is 159 g/mol. The van der Waals surface area contributed by atoms with E-state index in [0.29, 0.717) is 0 Å². The molecule has 0 heterocycles. The number of nitroso groups, excluding NO2 is 1. The molecule has 1 unspecified atom stereocenters. The minimum atomic E-state index is -0.976. The Morgan fingerprint density at radius 2 is 2.00 bits per heavy atom. The minimum absolute atomic E-state index is 0.0875. The SMILES string of the molecule is CC(CC(=O)O)CC(=O)N=O. The lowest BCUT2D eigenvalue weighted by molar-refractivity contribution is -0.138. The number of hydrogen-bond acceptors (Lipinski definition) is 3. The second-order valence-electron chi connectivity index (χ2n) is 2.39. The van der Waals surface area contributed by atoms with Crippen LogP contribution in [-0.2, 0) is 9.59 Å². The van der Waals surface area contributed by atoms with Crippen LogP contribution in [0.25, 0.3) is 0 Å². The summed E-state index contributed by atoms with van der Waals surface area (Å²) in [6.45, 7) is 1.58. The molecule has 1 atom stereocenters. The van der Waals surface area contributed by atoms with Crippen molar-refractivity contribution >= 4 is 11.9 Å². The number of carbonyl (C=O) groups is 2. The molecule has 0 spiro atoms. The Balaban J connectivity index is 3.68. The van der Waals surface area contributed by atoms with Gasteiger partial charge in [0.25, 0.3) is 5.91 Å². The summed E-state index contributed by atoms with van der Waals surface area (Å²) >= 11 is 0. The van der Waals surface area contributed by atoms with Crippen LogP contribution in [0, 0.1) is 10.8 Å². The number of rotatable bonds is 4. The van der Waals surface area contributed by atoms with Gasteiger partial charge in [-0.25, -0.2) is 0 Å². The Labute approximate surface area is 63.4 Å². The Bertz CT molecular complexity index is 177. The van der Waals surface area contributed by atoms with Crippen molar-refractivity contribution in [3.05, 3.63) is 4.91 Å². The highest BCUT2D eigenvalue weighted by Crippen LogP contribution is 2.07. The number of carboxylic acid groups (broad SMARTS) is 1. The van der Waals surface area contributed by atoms with Gasteiger partial charge < -0.3 is 5.11 Å². The first-order chi connectivity index (χ1) is 5.06. The van der Waals surface area contributed by atoms with E-state index in [1.165, 1.54) is 0 Å². The molecule has 0 rings (SSSR count). The number of amides is 1. The predicted octanol–water partition coefficient (Wildman–Crippen LogP) is 0.780. The zero-order valence-electron chi connectivity index (χ0n) is 6.11. The summed E-state index contributed by atoms with van der Waals surface area (Å²) < 4.78 is 0. The molecular formula is C6H9NO4. The first-order valence-electron chi connectivity index (χ1n) is 3.14. The molecule has 0 fully saturated rings. The fourth-order valence-corrected chi connectivity index (χ4v) is 0.706. The molecule has 0 aliphatic rings. The molecule has 0 aliphatic carbocycles. The number of nitrogens with zero attached hydrogens (tertiary/aromatic N) is 1. The predicted molar refractivity (Wildman–Crippen MR) is 36.8 cm³/mol. The third kappa shape index (κ3) is 5.20. The number of carboxylic acids is 1. The molecule has 0 bridgehead atoms. The molecule has 0 aromatic heterocycles. The van der Waals surface area contributed by atoms with E-state index in [1.807, 2.05) is 0 Å². The summed E-state index contributed by atoms with van der Waals surface area (Å²) in [6.07, 6.45) is -0.197. The average Bonchev–Trinajstić information content (AvgIpc) is 1.85. The van der Waals surface area contributed by atoms with Gasteiger partial charge in [0.15, 0.2) is 0 Å². The Morgan fingerprint density at radius 3 is 2.36 bits per heavy atom. The van der Waals surface area contributed by atoms with Gasteiger partial charge in [-0.3, -0.25) is 9.59 Å². The first-order valence-corrected chi connectivity index (χ1v) is 3.14. The maximum atomic E-state index is 10.3. The molecule has 1 amide bonds. The van der Waals surface area contributed by atoms with Crippen molar-refractivity contribution in [1.29, 1.82) is 0 Å². The van der Waals surface area contributed by atoms with E-state index in [0.717, 1.165) is 0 Å². The van der Waals surface area contributed by atoms with Gasteiger partial charge in [-0.1, -0.05) is 6.92 Å². The van der Waals surface area contributed by atoms with Crippen LogP contribution in [-0.4, -0.2) is 17.0 Å². The van der Waals surface area contributed by atoms with Gasteiger partial charge in [-0.2, -0.15) is 0 Å². The van der Waals surface area contributed by atoms with E-state index in [-0.39, 0.29) is 18.8 Å². The first kappa shape index (κ1) is 9.74. The van der Waals surface area contributed by atoms with Crippen LogP contribution in [0.5, 0.6) is 0 Å². The minimum Gasteiger partial charge on any atom is -0.481 e. The topological polar surface area (TPSA) is 83.8 Å². The van der Waals surface area contributed by atoms with Crippen molar-refractivity contribution in [2.75, 3.05) is 0 Å². The van der Waals surface area contributed by atoms with Crippen LogP contribution in [0.2, 0.25) is 0 Å². The lowest BCUT2D eigenvalue weighted by Crippen LogP contribution is -2.08. The van der Waals surface area contributed by atoms with Gasteiger partial charge in [-0.05, 0) is 5.92 Å². The Morgan fingerprint density at radius 1 is 1.45 bits per heavy atom. The molecule has 0 aromatic rings. The summed E-state index contributed by atoms with van der Waals surface area (Å²) in [4.78, 5) is 30.0. The standard InChI is InChI=1S/C6H9NO4/c1-4(3-6(9)10)2-5(8)7-11/h4H,2-3H2,1H3,(H,9,10). The summed E-state index contributed by atoms with van der Waals surface area (Å²) in [7, 11) is 0. The summed E-state index contributed by atoms with van der Waals surface area (Å²) in [5.41, 5.74) is 0. The highest BCUT2D eigenvalue weighted by molar-refractivity contribution is 5.77. The number of aliphatic carboxylic acids is 1. The maximum Gasteiger partial charge on any atom is 0.303 e. The van der Waals surface area contributed by atoms with Crippen molar-refractivity contribution < 1.29 is 14.7 Å². The third-order valence-corrected chi connectivity index (χ3v) is 1.15. The van der Waals surface area contributed by atoms with Gasteiger partial charge in [-0.15, -0.1) is 4.91 Å². The van der Waals surface area contributed by atoms with Crippen LogP contribution in [0.1, 0.15) is 19.8 Å². The number of carbonyl (C=O) groups excluding carboxylic acids is 1. The zero-order valence-corrected chi connectivity index (χ0v) is 6.11. The van der Waals surface area contributed by atoms with E-state index in [2.05, 4.69) is 5.18 Å². The second-order valence-corrected chi connectivity index (χ2v) is 2.39. The van der Waals surface area contributed by atoms with E-state index >= 15 is 0 Å². The lowest BCUT2D eigenvalue weighted by atomic mass is 10.0. The molecule has 1 N–H and O–H groups in total. The Hall–Kier alpha value is -1.26. The summed E-state index contributed by atoms with van der Waals surface area (Å²) in [5, 5.41) is 10.4. The molecule has 5 nitrogen and oxygen atoms in total. The monoisotopic (exact) mass is 159 g/mol. The largest absolute Gasteiger partial charge is 0.481 e. The highest BCUT2D eigenvalue weighted by Gasteiger charge is 2.12. The number of hydrogen-bond donors (Lipinski definition) is 1. The van der Waals surface area contributed by atoms with Crippen molar-refractivity contribution in [2.24, 2.45) is 11.1 Å². The van der Waals surface area contributed by atoms with Gasteiger partial charge in [0.2, 0.25) is 0 Å². The summed E-state index contributed by atoms with van der Waals surface area (Å²) in [5.74, 6) is -2.09. The quantitative estimate of drug-likeness (QED) is 0.614. The van der Waals surface area contributed by atoms with Crippen LogP contribution >= 0.6 is 0 Å². The van der Waals surface area contributed by atoms with E-state index < -0.39 is 11.9 Å². The molecule has 0 aliphatic heterocycles. The zero-order chi connectivity index (χ0) is 8.85. The molecular weight excluding hydrogens is 150 g/mol. The normalized spacial score (nSPS) is 12.1. The maximum absolute atomic E-state index is 10.3. The fourth-order valence-electron chi connectivity index (χ4n) is 0.706. The van der Waals surface area contributed by atoms with Crippen molar-refractivity contribution in [2.45, 2.75) is 19.8 Å². The van der Waals surface area contributed by atoms with Crippen molar-refractivity contribution in [3.8, 4) is 0 Å². The third-order valence-electron chi connectivity index (χ3n) is 1.15. The van der Waals surface area contributed by atoms with Gasteiger partial charge in [0.05, 0.1) is 0 Å². The molecule has 0 radical (unpaired) electrons. The molecule has 0 aromatic carbocycles. The van der Waals surface area contributed by atoms with Crippen LogP contribution in [0.4, 0.5) is 0 Å². The molecule has 5 heteroatoms. The van der Waals surface area contributed by atoms with E-state index in [9.17, 15) is 14.5 Å². The van der Waals surface area contributed by atoms with Gasteiger partial charge in [0, 0.05) is 18.0 Å². The summed E-state index contributed by atoms with van der Waals surface area (Å²) in [6, 6.07) is 0. The smallest absolute Gasteiger partial charge is 0.303 e. The van der Waals surface area contributed by atoms with Crippen LogP contribution in [0.3, 0.4) is 0 Å². The van der Waals surface area contributed by atoms with Crippen molar-refractivity contribution in [3.63, 3.8) is 0 Å².